The Bertz CT molecular complexity index is 952. The van der Waals surface area contributed by atoms with Gasteiger partial charge < -0.3 is 14.6 Å². The summed E-state index contributed by atoms with van der Waals surface area (Å²) in [5, 5.41) is 1.06. The van der Waals surface area contributed by atoms with Gasteiger partial charge in [-0.3, -0.25) is 4.79 Å². The first-order chi connectivity index (χ1) is 13.7. The molecule has 1 fully saturated rings. The number of aryl methyl sites for hydroxylation is 1. The van der Waals surface area contributed by atoms with Crippen LogP contribution in [0.3, 0.4) is 0 Å². The molecule has 4 nitrogen and oxygen atoms in total. The molecule has 0 bridgehead atoms. The molecule has 148 valence electrons. The van der Waals surface area contributed by atoms with E-state index < -0.39 is 0 Å². The summed E-state index contributed by atoms with van der Waals surface area (Å²) < 4.78 is 5.55. The highest BCUT2D eigenvalue weighted by atomic mass is 16.5. The number of rotatable bonds is 3. The molecule has 2 aromatic carbocycles. The van der Waals surface area contributed by atoms with Crippen molar-refractivity contribution >= 4 is 16.8 Å². The Labute approximate surface area is 167 Å². The van der Waals surface area contributed by atoms with Crippen molar-refractivity contribution in [2.45, 2.75) is 40.0 Å². The number of para-hydroxylation sites is 1. The number of likely N-dealkylation sites (tertiary alicyclic amines) is 1. The fourth-order valence-electron chi connectivity index (χ4n) is 3.85. The van der Waals surface area contributed by atoms with Gasteiger partial charge in [0.25, 0.3) is 5.91 Å². The van der Waals surface area contributed by atoms with Gasteiger partial charge in [0.2, 0.25) is 0 Å². The van der Waals surface area contributed by atoms with Gasteiger partial charge in [-0.2, -0.15) is 0 Å². The summed E-state index contributed by atoms with van der Waals surface area (Å²) in [7, 11) is 1.69. The van der Waals surface area contributed by atoms with E-state index in [9.17, 15) is 4.79 Å². The van der Waals surface area contributed by atoms with Crippen LogP contribution in [0.5, 0.6) is 5.75 Å². The van der Waals surface area contributed by atoms with Gasteiger partial charge in [-0.25, -0.2) is 0 Å². The molecule has 4 rings (SSSR count). The molecule has 1 aromatic heterocycles. The first-order valence-electron chi connectivity index (χ1n) is 10.2. The third kappa shape index (κ3) is 3.91. The Balaban J connectivity index is 0.00000109. The van der Waals surface area contributed by atoms with Crippen LogP contribution in [0.2, 0.25) is 0 Å². The Morgan fingerprint density at radius 1 is 1.00 bits per heavy atom. The molecule has 0 radical (unpaired) electrons. The van der Waals surface area contributed by atoms with Crippen molar-refractivity contribution in [3.05, 3.63) is 53.7 Å². The van der Waals surface area contributed by atoms with Crippen LogP contribution >= 0.6 is 0 Å². The second kappa shape index (κ2) is 8.96. The number of piperidine rings is 1. The first-order valence-corrected chi connectivity index (χ1v) is 10.2. The highest BCUT2D eigenvalue weighted by Crippen LogP contribution is 2.36. The number of nitrogens with one attached hydrogen (secondary N) is 1. The maximum atomic E-state index is 12.9. The van der Waals surface area contributed by atoms with E-state index in [0.717, 1.165) is 59.3 Å². The molecular formula is C24H30N2O2. The van der Waals surface area contributed by atoms with Crippen molar-refractivity contribution in [1.29, 1.82) is 0 Å². The SMILES string of the molecule is CC.COc1ccccc1-c1cc(C)cc2[nH]c(C(=O)N3CCCCC3)cc12. The standard InChI is InChI=1S/C22H24N2O2.C2H6/c1-15-12-17(16-8-4-5-9-21(16)26-2)18-14-20(23-19(18)13-15)22(25)24-10-6-3-7-11-24;1-2/h4-5,8-9,12-14,23H,3,6-7,10-11H2,1-2H3;1-2H3. The number of nitrogens with zero attached hydrogens (tertiary/aromatic N) is 1. The summed E-state index contributed by atoms with van der Waals surface area (Å²) >= 11 is 0. The van der Waals surface area contributed by atoms with Crippen LogP contribution < -0.4 is 4.74 Å². The number of amides is 1. The smallest absolute Gasteiger partial charge is 0.270 e. The van der Waals surface area contributed by atoms with E-state index >= 15 is 0 Å². The predicted octanol–water partition coefficient (Wildman–Crippen LogP) is 5.80. The minimum atomic E-state index is 0.101. The van der Waals surface area contributed by atoms with Crippen molar-refractivity contribution in [2.24, 2.45) is 0 Å². The van der Waals surface area contributed by atoms with Gasteiger partial charge in [-0.15, -0.1) is 0 Å². The zero-order valence-electron chi connectivity index (χ0n) is 17.3. The van der Waals surface area contributed by atoms with Crippen LogP contribution in [-0.2, 0) is 0 Å². The molecule has 0 unspecified atom stereocenters. The van der Waals surface area contributed by atoms with Crippen molar-refractivity contribution in [3.8, 4) is 16.9 Å². The number of aromatic amines is 1. The molecule has 3 aromatic rings. The number of hydrogen-bond acceptors (Lipinski definition) is 2. The Kier molecular flexibility index (Phi) is 6.40. The average Bonchev–Trinajstić information content (AvgIpc) is 3.18. The minimum absolute atomic E-state index is 0.101. The third-order valence-corrected chi connectivity index (χ3v) is 5.15. The molecule has 1 aliphatic rings. The summed E-state index contributed by atoms with van der Waals surface area (Å²) in [6.45, 7) is 7.78. The molecule has 1 aliphatic heterocycles. The minimum Gasteiger partial charge on any atom is -0.496 e. The molecule has 2 heterocycles. The maximum absolute atomic E-state index is 12.9. The Morgan fingerprint density at radius 3 is 2.43 bits per heavy atom. The van der Waals surface area contributed by atoms with Crippen LogP contribution in [0.15, 0.2) is 42.5 Å². The van der Waals surface area contributed by atoms with Gasteiger partial charge in [-0.05, 0) is 55.5 Å². The van der Waals surface area contributed by atoms with E-state index in [1.165, 1.54) is 6.42 Å². The molecule has 4 heteroatoms. The van der Waals surface area contributed by atoms with E-state index in [1.54, 1.807) is 7.11 Å². The van der Waals surface area contributed by atoms with Crippen molar-refractivity contribution in [2.75, 3.05) is 20.2 Å². The lowest BCUT2D eigenvalue weighted by Gasteiger charge is -2.26. The Hall–Kier alpha value is -2.75. The van der Waals surface area contributed by atoms with E-state index in [0.29, 0.717) is 5.69 Å². The summed E-state index contributed by atoms with van der Waals surface area (Å²) in [5.74, 6) is 0.939. The highest BCUT2D eigenvalue weighted by Gasteiger charge is 2.21. The second-order valence-corrected chi connectivity index (χ2v) is 7.01. The maximum Gasteiger partial charge on any atom is 0.270 e. The highest BCUT2D eigenvalue weighted by molar-refractivity contribution is 6.03. The zero-order valence-corrected chi connectivity index (χ0v) is 17.3. The second-order valence-electron chi connectivity index (χ2n) is 7.01. The number of aromatic nitrogens is 1. The molecule has 0 atom stereocenters. The van der Waals surface area contributed by atoms with Gasteiger partial charge in [-0.1, -0.05) is 38.1 Å². The Morgan fingerprint density at radius 2 is 1.71 bits per heavy atom. The van der Waals surface area contributed by atoms with Crippen molar-refractivity contribution < 1.29 is 9.53 Å². The van der Waals surface area contributed by atoms with Crippen molar-refractivity contribution in [3.63, 3.8) is 0 Å². The fourth-order valence-corrected chi connectivity index (χ4v) is 3.85. The van der Waals surface area contributed by atoms with Gasteiger partial charge in [0.05, 0.1) is 7.11 Å². The number of benzene rings is 2. The number of hydrogen-bond donors (Lipinski definition) is 1. The first kappa shape index (κ1) is 20.0. The topological polar surface area (TPSA) is 45.3 Å². The van der Waals surface area contributed by atoms with Crippen LogP contribution in [0.25, 0.3) is 22.0 Å². The van der Waals surface area contributed by atoms with Crippen LogP contribution in [0.1, 0.15) is 49.2 Å². The molecular weight excluding hydrogens is 348 g/mol. The van der Waals surface area contributed by atoms with Gasteiger partial charge in [0.1, 0.15) is 11.4 Å². The molecule has 0 saturated carbocycles. The number of carbonyl (C=O) groups excluding carboxylic acids is 1. The largest absolute Gasteiger partial charge is 0.496 e. The lowest BCUT2D eigenvalue weighted by molar-refractivity contribution is 0.0719. The third-order valence-electron chi connectivity index (χ3n) is 5.15. The molecule has 1 saturated heterocycles. The normalized spacial score (nSPS) is 13.8. The number of fused-ring (bicyclic) bond motifs is 1. The van der Waals surface area contributed by atoms with E-state index in [2.05, 4.69) is 30.1 Å². The van der Waals surface area contributed by atoms with Crippen LogP contribution in [0.4, 0.5) is 0 Å². The van der Waals surface area contributed by atoms with Gasteiger partial charge >= 0.3 is 0 Å². The van der Waals surface area contributed by atoms with Gasteiger partial charge in [0, 0.05) is 29.6 Å². The van der Waals surface area contributed by atoms with Gasteiger partial charge in [0.15, 0.2) is 0 Å². The quantitative estimate of drug-likeness (QED) is 0.625. The number of carbonyl (C=O) groups is 1. The van der Waals surface area contributed by atoms with Crippen LogP contribution in [0, 0.1) is 6.92 Å². The number of H-pyrrole nitrogens is 1. The summed E-state index contributed by atoms with van der Waals surface area (Å²) in [6.07, 6.45) is 3.41. The van der Waals surface area contributed by atoms with E-state index in [1.807, 2.05) is 43.0 Å². The molecule has 28 heavy (non-hydrogen) atoms. The molecule has 0 spiro atoms. The van der Waals surface area contributed by atoms with E-state index in [-0.39, 0.29) is 5.91 Å². The molecule has 1 N–H and O–H groups in total. The predicted molar refractivity (Wildman–Crippen MR) is 116 cm³/mol. The fraction of sp³-hybridized carbons (Fsp3) is 0.375. The monoisotopic (exact) mass is 378 g/mol. The number of ether oxygens (including phenoxy) is 1. The number of methoxy groups -OCH3 is 1. The average molecular weight is 379 g/mol. The lowest BCUT2D eigenvalue weighted by Crippen LogP contribution is -2.35. The summed E-state index contributed by atoms with van der Waals surface area (Å²) in [6, 6.07) is 14.3. The lowest BCUT2D eigenvalue weighted by atomic mass is 9.98. The van der Waals surface area contributed by atoms with Crippen molar-refractivity contribution in [1.82, 2.24) is 9.88 Å². The zero-order chi connectivity index (χ0) is 20.1. The molecule has 0 aliphatic carbocycles. The summed E-state index contributed by atoms with van der Waals surface area (Å²) in [5.41, 5.74) is 4.94. The summed E-state index contributed by atoms with van der Waals surface area (Å²) in [4.78, 5) is 18.2. The van der Waals surface area contributed by atoms with Crippen LogP contribution in [-0.4, -0.2) is 36.0 Å². The van der Waals surface area contributed by atoms with E-state index in [4.69, 9.17) is 4.74 Å². The molecule has 1 amide bonds.